The number of hydrogen-bond donors (Lipinski definition) is 1. The van der Waals surface area contributed by atoms with E-state index >= 15 is 0 Å². The number of nitrogens with zero attached hydrogens (tertiary/aromatic N) is 1. The molecule has 0 radical (unpaired) electrons. The molecule has 0 saturated carbocycles. The van der Waals surface area contributed by atoms with Gasteiger partial charge in [0.1, 0.15) is 17.3 Å². The van der Waals surface area contributed by atoms with Crippen LogP contribution in [0.5, 0.6) is 17.2 Å². The molecule has 140 valence electrons. The Hall–Kier alpha value is -2.99. The van der Waals surface area contributed by atoms with Crippen LogP contribution >= 0.6 is 11.6 Å². The molecule has 0 aromatic heterocycles. The van der Waals surface area contributed by atoms with Crippen LogP contribution in [0.15, 0.2) is 47.1 Å². The zero-order chi connectivity index (χ0) is 19.4. The van der Waals surface area contributed by atoms with Crippen LogP contribution in [0.4, 0.5) is 0 Å². The van der Waals surface area contributed by atoms with Crippen LogP contribution in [0.25, 0.3) is 6.08 Å². The van der Waals surface area contributed by atoms with Gasteiger partial charge in [-0.2, -0.15) is 0 Å². The summed E-state index contributed by atoms with van der Waals surface area (Å²) in [5.74, 6) is 2.17. The summed E-state index contributed by atoms with van der Waals surface area (Å²) < 4.78 is 15.7. The van der Waals surface area contributed by atoms with Gasteiger partial charge in [0.2, 0.25) is 0 Å². The molecule has 6 nitrogen and oxygen atoms in total. The Kier molecular flexibility index (Phi) is 5.66. The van der Waals surface area contributed by atoms with Crippen LogP contribution in [0.3, 0.4) is 0 Å². The molecule has 0 fully saturated rings. The van der Waals surface area contributed by atoms with Crippen molar-refractivity contribution in [3.05, 3.63) is 58.2 Å². The molecule has 1 aliphatic heterocycles. The first-order valence-corrected chi connectivity index (χ1v) is 8.57. The van der Waals surface area contributed by atoms with Crippen molar-refractivity contribution in [3.63, 3.8) is 0 Å². The third-order valence-electron chi connectivity index (χ3n) is 4.04. The maximum absolute atomic E-state index is 12.2. The molecular weight excluding hydrogens is 368 g/mol. The lowest BCUT2D eigenvalue weighted by Gasteiger charge is -2.09. The maximum Gasteiger partial charge on any atom is 0.275 e. The van der Waals surface area contributed by atoms with Gasteiger partial charge >= 0.3 is 0 Å². The normalized spacial score (nSPS) is 14.7. The Balaban J connectivity index is 1.81. The number of benzene rings is 2. The molecule has 7 heteroatoms. The van der Waals surface area contributed by atoms with Gasteiger partial charge in [0.15, 0.2) is 11.5 Å². The molecule has 0 bridgehead atoms. The van der Waals surface area contributed by atoms with Crippen molar-refractivity contribution >= 4 is 29.4 Å². The van der Waals surface area contributed by atoms with Crippen molar-refractivity contribution in [3.8, 4) is 17.2 Å². The summed E-state index contributed by atoms with van der Waals surface area (Å²) in [4.78, 5) is 16.6. The van der Waals surface area contributed by atoms with Gasteiger partial charge in [-0.15, -0.1) is 0 Å². The molecule has 0 unspecified atom stereocenters. The molecule has 0 spiro atoms. The van der Waals surface area contributed by atoms with Crippen molar-refractivity contribution < 1.29 is 19.0 Å². The van der Waals surface area contributed by atoms with E-state index in [0.717, 1.165) is 11.1 Å². The number of methoxy groups -OCH3 is 3. The van der Waals surface area contributed by atoms with Crippen molar-refractivity contribution in [2.45, 2.75) is 6.42 Å². The molecule has 27 heavy (non-hydrogen) atoms. The van der Waals surface area contributed by atoms with Crippen LogP contribution in [-0.2, 0) is 11.2 Å². The van der Waals surface area contributed by atoms with E-state index in [4.69, 9.17) is 25.8 Å². The minimum atomic E-state index is -0.252. The number of halogens is 1. The standard InChI is InChI=1S/C20H19ClN2O4/c1-25-16-6-4-12(8-14(16)21)9-15-20(24)23-19(22-15)11-13-5-7-17(26-2)18(10-13)27-3/h4-10H,11H2,1-3H3,(H,22,23,24)/b15-9+. The highest BCUT2D eigenvalue weighted by Crippen LogP contribution is 2.28. The van der Waals surface area contributed by atoms with Crippen LogP contribution in [0.1, 0.15) is 11.1 Å². The minimum absolute atomic E-state index is 0.252. The Bertz CT molecular complexity index is 938. The molecule has 1 heterocycles. The molecule has 0 saturated heterocycles. The monoisotopic (exact) mass is 386 g/mol. The first-order valence-electron chi connectivity index (χ1n) is 8.19. The number of amidine groups is 1. The smallest absolute Gasteiger partial charge is 0.275 e. The fraction of sp³-hybridized carbons (Fsp3) is 0.200. The number of ether oxygens (including phenoxy) is 3. The molecule has 1 amide bonds. The summed E-state index contributed by atoms with van der Waals surface area (Å²) in [5, 5.41) is 3.26. The lowest BCUT2D eigenvalue weighted by molar-refractivity contribution is -0.115. The number of hydrogen-bond acceptors (Lipinski definition) is 5. The van der Waals surface area contributed by atoms with Crippen molar-refractivity contribution in [2.24, 2.45) is 4.99 Å². The van der Waals surface area contributed by atoms with E-state index in [0.29, 0.717) is 40.2 Å². The van der Waals surface area contributed by atoms with E-state index < -0.39 is 0 Å². The lowest BCUT2D eigenvalue weighted by Crippen LogP contribution is -2.25. The molecular formula is C20H19ClN2O4. The second-order valence-corrected chi connectivity index (χ2v) is 6.21. The van der Waals surface area contributed by atoms with E-state index in [9.17, 15) is 4.79 Å². The summed E-state index contributed by atoms with van der Waals surface area (Å²) in [6.45, 7) is 0. The van der Waals surface area contributed by atoms with Crippen molar-refractivity contribution in [1.29, 1.82) is 0 Å². The third kappa shape index (κ3) is 4.23. The highest BCUT2D eigenvalue weighted by atomic mass is 35.5. The molecule has 3 rings (SSSR count). The molecule has 1 aliphatic rings. The highest BCUT2D eigenvalue weighted by molar-refractivity contribution is 6.32. The predicted molar refractivity (Wildman–Crippen MR) is 105 cm³/mol. The molecule has 2 aromatic rings. The first-order chi connectivity index (χ1) is 13.0. The number of amides is 1. The van der Waals surface area contributed by atoms with Gasteiger partial charge in [-0.1, -0.05) is 23.7 Å². The highest BCUT2D eigenvalue weighted by Gasteiger charge is 2.20. The van der Waals surface area contributed by atoms with Crippen LogP contribution in [-0.4, -0.2) is 33.1 Å². The summed E-state index contributed by atoms with van der Waals surface area (Å²) in [6, 6.07) is 10.9. The number of carbonyl (C=O) groups excluding carboxylic acids is 1. The van der Waals surface area contributed by atoms with Gasteiger partial charge in [-0.3, -0.25) is 4.79 Å². The average molecular weight is 387 g/mol. The lowest BCUT2D eigenvalue weighted by atomic mass is 10.1. The Morgan fingerprint density at radius 3 is 2.37 bits per heavy atom. The Labute approximate surface area is 162 Å². The zero-order valence-corrected chi connectivity index (χ0v) is 16.0. The Morgan fingerprint density at radius 1 is 1.00 bits per heavy atom. The molecule has 0 aliphatic carbocycles. The second-order valence-electron chi connectivity index (χ2n) is 5.80. The van der Waals surface area contributed by atoms with Gasteiger partial charge in [-0.05, 0) is 41.5 Å². The van der Waals surface area contributed by atoms with Gasteiger partial charge in [0, 0.05) is 6.42 Å². The van der Waals surface area contributed by atoms with Gasteiger partial charge in [0.25, 0.3) is 5.91 Å². The maximum atomic E-state index is 12.2. The zero-order valence-electron chi connectivity index (χ0n) is 15.2. The fourth-order valence-corrected chi connectivity index (χ4v) is 2.98. The largest absolute Gasteiger partial charge is 0.495 e. The first kappa shape index (κ1) is 18.8. The van der Waals surface area contributed by atoms with E-state index in [1.165, 1.54) is 0 Å². The van der Waals surface area contributed by atoms with Crippen molar-refractivity contribution in [2.75, 3.05) is 21.3 Å². The molecule has 2 aromatic carbocycles. The van der Waals surface area contributed by atoms with Crippen LogP contribution < -0.4 is 19.5 Å². The number of aliphatic imine (C=N–C) groups is 1. The summed E-state index contributed by atoms with van der Waals surface area (Å²) >= 11 is 6.13. The summed E-state index contributed by atoms with van der Waals surface area (Å²) in [7, 11) is 4.72. The molecule has 0 atom stereocenters. The summed E-state index contributed by atoms with van der Waals surface area (Å²) in [6.07, 6.45) is 2.15. The Morgan fingerprint density at radius 2 is 1.70 bits per heavy atom. The quantitative estimate of drug-likeness (QED) is 0.772. The fourth-order valence-electron chi connectivity index (χ4n) is 2.71. The average Bonchev–Trinajstić information content (AvgIpc) is 3.00. The molecule has 1 N–H and O–H groups in total. The summed E-state index contributed by atoms with van der Waals surface area (Å²) in [5.41, 5.74) is 2.04. The SMILES string of the molecule is COc1ccc(/C=C2/N=C(Cc3ccc(OC)c(OC)c3)NC2=O)cc1Cl. The van der Waals surface area contributed by atoms with Crippen LogP contribution in [0.2, 0.25) is 5.02 Å². The van der Waals surface area contributed by atoms with E-state index in [1.807, 2.05) is 24.3 Å². The second kappa shape index (κ2) is 8.14. The number of nitrogens with one attached hydrogen (secondary N) is 1. The predicted octanol–water partition coefficient (Wildman–Crippen LogP) is 3.48. The van der Waals surface area contributed by atoms with Gasteiger partial charge < -0.3 is 19.5 Å². The van der Waals surface area contributed by atoms with E-state index in [1.54, 1.807) is 39.5 Å². The number of carbonyl (C=O) groups is 1. The van der Waals surface area contributed by atoms with Crippen molar-refractivity contribution in [1.82, 2.24) is 5.32 Å². The van der Waals surface area contributed by atoms with E-state index in [2.05, 4.69) is 10.3 Å². The van der Waals surface area contributed by atoms with Crippen LogP contribution in [0, 0.1) is 0 Å². The topological polar surface area (TPSA) is 69.2 Å². The number of rotatable bonds is 6. The third-order valence-corrected chi connectivity index (χ3v) is 4.34. The minimum Gasteiger partial charge on any atom is -0.495 e. The van der Waals surface area contributed by atoms with E-state index in [-0.39, 0.29) is 5.91 Å². The van der Waals surface area contributed by atoms with Gasteiger partial charge in [0.05, 0.1) is 26.4 Å². The van der Waals surface area contributed by atoms with Gasteiger partial charge in [-0.25, -0.2) is 4.99 Å².